The van der Waals surface area contributed by atoms with Crippen molar-refractivity contribution in [2.45, 2.75) is 27.3 Å². The third-order valence-corrected chi connectivity index (χ3v) is 4.23. The van der Waals surface area contributed by atoms with Crippen LogP contribution in [-0.4, -0.2) is 44.2 Å². The Morgan fingerprint density at radius 1 is 1.19 bits per heavy atom. The molecule has 1 aliphatic rings. The van der Waals surface area contributed by atoms with Crippen molar-refractivity contribution in [3.05, 3.63) is 28.8 Å². The van der Waals surface area contributed by atoms with E-state index in [2.05, 4.69) is 54.1 Å². The van der Waals surface area contributed by atoms with Gasteiger partial charge in [0.2, 0.25) is 0 Å². The molecule has 21 heavy (non-hydrogen) atoms. The Morgan fingerprint density at radius 2 is 1.90 bits per heavy atom. The minimum atomic E-state index is 0.741. The molecule has 1 saturated heterocycles. The number of benzene rings is 1. The maximum atomic E-state index is 6.48. The topological polar surface area (TPSA) is 18.5 Å². The molecule has 2 rings (SSSR count). The van der Waals surface area contributed by atoms with E-state index in [0.29, 0.717) is 0 Å². The second-order valence-electron chi connectivity index (χ2n) is 6.25. The fraction of sp³-hybridized carbons (Fsp3) is 0.647. The lowest BCUT2D eigenvalue weighted by Gasteiger charge is -2.37. The van der Waals surface area contributed by atoms with Gasteiger partial charge in [-0.15, -0.1) is 0 Å². The van der Waals surface area contributed by atoms with Crippen LogP contribution in [0.2, 0.25) is 5.02 Å². The fourth-order valence-electron chi connectivity index (χ4n) is 2.87. The number of nitrogens with one attached hydrogen (secondary N) is 1. The number of piperazine rings is 1. The number of anilines is 1. The second kappa shape index (κ2) is 8.02. The lowest BCUT2D eigenvalue weighted by molar-refractivity contribution is 0.231. The van der Waals surface area contributed by atoms with Crippen molar-refractivity contribution in [2.24, 2.45) is 5.92 Å². The molecule has 3 nitrogen and oxygen atoms in total. The predicted octanol–water partition coefficient (Wildman–Crippen LogP) is 3.23. The summed E-state index contributed by atoms with van der Waals surface area (Å²) in [5.74, 6) is 0.741. The average molecular weight is 310 g/mol. The summed E-state index contributed by atoms with van der Waals surface area (Å²) < 4.78 is 0. The van der Waals surface area contributed by atoms with Gasteiger partial charge in [-0.1, -0.05) is 38.4 Å². The Labute approximate surface area is 134 Å². The van der Waals surface area contributed by atoms with Gasteiger partial charge in [-0.3, -0.25) is 4.90 Å². The van der Waals surface area contributed by atoms with E-state index < -0.39 is 0 Å². The van der Waals surface area contributed by atoms with Crippen LogP contribution in [-0.2, 0) is 6.54 Å². The standard InChI is InChI=1S/C17H28ClN3/c1-4-19-12-15-5-6-17(16(18)11-15)21-9-7-20(8-10-21)13-14(2)3/h5-6,11,14,19H,4,7-10,12-13H2,1-3H3. The second-order valence-corrected chi connectivity index (χ2v) is 6.65. The number of halogens is 1. The van der Waals surface area contributed by atoms with Gasteiger partial charge < -0.3 is 10.2 Å². The Bertz CT molecular complexity index is 440. The van der Waals surface area contributed by atoms with Gasteiger partial charge in [0.1, 0.15) is 0 Å². The first-order valence-electron chi connectivity index (χ1n) is 8.06. The molecule has 0 unspecified atom stereocenters. The lowest BCUT2D eigenvalue weighted by Crippen LogP contribution is -2.47. The Hall–Kier alpha value is -0.770. The molecule has 1 aromatic rings. The molecule has 0 atom stereocenters. The van der Waals surface area contributed by atoms with Crippen LogP contribution in [0.15, 0.2) is 18.2 Å². The van der Waals surface area contributed by atoms with Gasteiger partial charge in [0.15, 0.2) is 0 Å². The van der Waals surface area contributed by atoms with E-state index in [1.807, 2.05) is 0 Å². The monoisotopic (exact) mass is 309 g/mol. The molecule has 0 aromatic heterocycles. The van der Waals surface area contributed by atoms with Crippen LogP contribution >= 0.6 is 11.6 Å². The van der Waals surface area contributed by atoms with Crippen molar-refractivity contribution in [3.8, 4) is 0 Å². The van der Waals surface area contributed by atoms with E-state index in [-0.39, 0.29) is 0 Å². The summed E-state index contributed by atoms with van der Waals surface area (Å²) in [5, 5.41) is 4.21. The first kappa shape index (κ1) is 16.6. The van der Waals surface area contributed by atoms with Gasteiger partial charge >= 0.3 is 0 Å². The lowest BCUT2D eigenvalue weighted by atomic mass is 10.1. The van der Waals surface area contributed by atoms with E-state index in [1.54, 1.807) is 0 Å². The van der Waals surface area contributed by atoms with Gasteiger partial charge in [-0.05, 0) is 30.2 Å². The zero-order valence-corrected chi connectivity index (χ0v) is 14.3. The minimum Gasteiger partial charge on any atom is -0.368 e. The number of rotatable bonds is 6. The van der Waals surface area contributed by atoms with Crippen LogP contribution in [0, 0.1) is 5.92 Å². The predicted molar refractivity (Wildman–Crippen MR) is 92.3 cm³/mol. The number of hydrogen-bond donors (Lipinski definition) is 1. The van der Waals surface area contributed by atoms with E-state index in [4.69, 9.17) is 11.6 Å². The first-order chi connectivity index (χ1) is 10.1. The van der Waals surface area contributed by atoms with Gasteiger partial charge in [0, 0.05) is 39.3 Å². The van der Waals surface area contributed by atoms with E-state index in [0.717, 1.165) is 50.2 Å². The van der Waals surface area contributed by atoms with Crippen molar-refractivity contribution < 1.29 is 0 Å². The quantitative estimate of drug-likeness (QED) is 0.870. The van der Waals surface area contributed by atoms with Crippen molar-refractivity contribution >= 4 is 17.3 Å². The van der Waals surface area contributed by atoms with Gasteiger partial charge in [0.25, 0.3) is 0 Å². The Morgan fingerprint density at radius 3 is 2.48 bits per heavy atom. The highest BCUT2D eigenvalue weighted by atomic mass is 35.5. The van der Waals surface area contributed by atoms with Crippen LogP contribution in [0.1, 0.15) is 26.3 Å². The van der Waals surface area contributed by atoms with Crippen LogP contribution in [0.5, 0.6) is 0 Å². The van der Waals surface area contributed by atoms with Gasteiger partial charge in [0.05, 0.1) is 10.7 Å². The summed E-state index contributed by atoms with van der Waals surface area (Å²) in [4.78, 5) is 4.96. The normalized spacial score (nSPS) is 16.7. The molecule has 4 heteroatoms. The average Bonchev–Trinajstić information content (AvgIpc) is 2.46. The molecule has 0 saturated carbocycles. The third kappa shape index (κ3) is 4.87. The van der Waals surface area contributed by atoms with Gasteiger partial charge in [-0.25, -0.2) is 0 Å². The number of hydrogen-bond acceptors (Lipinski definition) is 3. The highest BCUT2D eigenvalue weighted by Gasteiger charge is 2.19. The summed E-state index contributed by atoms with van der Waals surface area (Å²) >= 11 is 6.48. The maximum Gasteiger partial charge on any atom is 0.0642 e. The van der Waals surface area contributed by atoms with Crippen LogP contribution < -0.4 is 10.2 Å². The molecule has 1 heterocycles. The summed E-state index contributed by atoms with van der Waals surface area (Å²) in [6.45, 7) is 14.2. The summed E-state index contributed by atoms with van der Waals surface area (Å²) in [6, 6.07) is 6.46. The van der Waals surface area contributed by atoms with Gasteiger partial charge in [-0.2, -0.15) is 0 Å². The van der Waals surface area contributed by atoms with Crippen LogP contribution in [0.4, 0.5) is 5.69 Å². The maximum absolute atomic E-state index is 6.48. The number of nitrogens with zero attached hydrogens (tertiary/aromatic N) is 2. The highest BCUT2D eigenvalue weighted by molar-refractivity contribution is 6.33. The molecule has 0 amide bonds. The zero-order chi connectivity index (χ0) is 15.2. The minimum absolute atomic E-state index is 0.741. The SMILES string of the molecule is CCNCc1ccc(N2CCN(CC(C)C)CC2)c(Cl)c1. The molecule has 1 fully saturated rings. The molecular formula is C17H28ClN3. The molecule has 1 N–H and O–H groups in total. The van der Waals surface area contributed by atoms with Crippen molar-refractivity contribution in [2.75, 3.05) is 44.2 Å². The summed E-state index contributed by atoms with van der Waals surface area (Å²) in [6.07, 6.45) is 0. The van der Waals surface area contributed by atoms with Crippen LogP contribution in [0.3, 0.4) is 0 Å². The molecule has 1 aromatic carbocycles. The summed E-state index contributed by atoms with van der Waals surface area (Å²) in [7, 11) is 0. The molecule has 1 aliphatic heterocycles. The molecule has 118 valence electrons. The summed E-state index contributed by atoms with van der Waals surface area (Å²) in [5.41, 5.74) is 2.44. The fourth-order valence-corrected chi connectivity index (χ4v) is 3.20. The van der Waals surface area contributed by atoms with E-state index in [1.165, 1.54) is 17.8 Å². The highest BCUT2D eigenvalue weighted by Crippen LogP contribution is 2.28. The van der Waals surface area contributed by atoms with E-state index in [9.17, 15) is 0 Å². The molecular weight excluding hydrogens is 282 g/mol. The first-order valence-corrected chi connectivity index (χ1v) is 8.44. The van der Waals surface area contributed by atoms with Crippen molar-refractivity contribution in [3.63, 3.8) is 0 Å². The largest absolute Gasteiger partial charge is 0.368 e. The van der Waals surface area contributed by atoms with E-state index >= 15 is 0 Å². The third-order valence-electron chi connectivity index (χ3n) is 3.93. The van der Waals surface area contributed by atoms with Crippen LogP contribution in [0.25, 0.3) is 0 Å². The van der Waals surface area contributed by atoms with Crippen molar-refractivity contribution in [1.82, 2.24) is 10.2 Å². The Balaban J connectivity index is 1.94. The Kier molecular flexibility index (Phi) is 6.34. The molecule has 0 spiro atoms. The molecule has 0 bridgehead atoms. The smallest absolute Gasteiger partial charge is 0.0642 e. The molecule has 0 radical (unpaired) electrons. The van der Waals surface area contributed by atoms with Crippen molar-refractivity contribution in [1.29, 1.82) is 0 Å². The molecule has 0 aliphatic carbocycles. The zero-order valence-electron chi connectivity index (χ0n) is 13.5.